The second-order valence-electron chi connectivity index (χ2n) is 20.2. The van der Waals surface area contributed by atoms with Crippen molar-refractivity contribution >= 4 is 17.3 Å². The van der Waals surface area contributed by atoms with Crippen LogP contribution in [0.5, 0.6) is 0 Å². The third-order valence-corrected chi connectivity index (χ3v) is 14.6. The molecule has 0 atom stereocenters. The van der Waals surface area contributed by atoms with Gasteiger partial charge >= 0.3 is 0 Å². The highest BCUT2D eigenvalue weighted by atomic mass is 15.3. The molecule has 5 aromatic carbocycles. The van der Waals surface area contributed by atoms with Crippen LogP contribution in [0.3, 0.4) is 0 Å². The van der Waals surface area contributed by atoms with Gasteiger partial charge in [-0.05, 0) is 92.0 Å². The molecule has 4 aliphatic rings. The number of hydrogen-bond acceptors (Lipinski definition) is 5. The average Bonchev–Trinajstić information content (AvgIpc) is 3.79. The molecule has 320 valence electrons. The third-order valence-electron chi connectivity index (χ3n) is 14.6. The van der Waals surface area contributed by atoms with Crippen LogP contribution in [0, 0.1) is 0 Å². The van der Waals surface area contributed by atoms with Gasteiger partial charge in [-0.3, -0.25) is 14.9 Å². The molecule has 5 heteroatoms. The molecule has 0 saturated carbocycles. The fraction of sp³-hybridized carbons (Fsp3) is 0.180. The molecule has 2 spiro atoms. The van der Waals surface area contributed by atoms with E-state index in [0.717, 1.165) is 62.4 Å². The van der Waals surface area contributed by atoms with Gasteiger partial charge < -0.3 is 0 Å². The average molecular weight is 854 g/mol. The minimum Gasteiger partial charge on any atom is -0.278 e. The minimum atomic E-state index is -0.676. The van der Waals surface area contributed by atoms with Crippen molar-refractivity contribution in [3.8, 4) is 44.8 Å². The summed E-state index contributed by atoms with van der Waals surface area (Å²) in [5.74, 6) is 1.74. The fourth-order valence-electron chi connectivity index (χ4n) is 11.7. The number of fused-ring (bicyclic) bond motifs is 18. The van der Waals surface area contributed by atoms with Crippen molar-refractivity contribution < 1.29 is 0 Å². The van der Waals surface area contributed by atoms with Crippen molar-refractivity contribution in [3.05, 3.63) is 232 Å². The van der Waals surface area contributed by atoms with Crippen molar-refractivity contribution in [2.75, 3.05) is 4.90 Å². The van der Waals surface area contributed by atoms with Crippen molar-refractivity contribution in [1.29, 1.82) is 0 Å². The number of rotatable bonds is 2. The summed E-state index contributed by atoms with van der Waals surface area (Å²) >= 11 is 0. The number of anilines is 3. The number of para-hydroxylation sites is 1. The van der Waals surface area contributed by atoms with Gasteiger partial charge in [-0.2, -0.15) is 0 Å². The first-order valence-corrected chi connectivity index (χ1v) is 22.8. The van der Waals surface area contributed by atoms with E-state index in [2.05, 4.69) is 210 Å². The van der Waals surface area contributed by atoms with Crippen LogP contribution in [0.2, 0.25) is 0 Å². The molecule has 5 nitrogen and oxygen atoms in total. The molecule has 66 heavy (non-hydrogen) atoms. The summed E-state index contributed by atoms with van der Waals surface area (Å²) in [5.41, 5.74) is 20.1. The van der Waals surface area contributed by atoms with Crippen LogP contribution in [0.15, 0.2) is 176 Å². The van der Waals surface area contributed by atoms with Crippen LogP contribution in [0.1, 0.15) is 105 Å². The number of hydrogen-bond donors (Lipinski definition) is 0. The summed E-state index contributed by atoms with van der Waals surface area (Å²) in [6, 6.07) is 60.8. The molecule has 0 amide bonds. The van der Waals surface area contributed by atoms with Crippen LogP contribution < -0.4 is 4.90 Å². The quantitative estimate of drug-likeness (QED) is 0.173. The second-order valence-corrected chi connectivity index (χ2v) is 20.2. The van der Waals surface area contributed by atoms with Gasteiger partial charge in [0, 0.05) is 56.9 Å². The lowest BCUT2D eigenvalue weighted by atomic mass is 9.60. The standard InChI is InChI=1S/C60H47N5.CH4/c1-57(2,3)52-32-26-36(34-61-52)50-30-28-48-55(63-50)65-54-46(59(48)42-20-11-7-16-38(42)39-17-8-12-21-43(39)59)24-15-25-47(54)60(44-22-13-9-18-40(44)41-19-10-14-23-45(41)60)49-29-31-51(64-56(49)65)37-27-33-53(62-35-37)58(4,5)6;/h7-35H,1-6H3;1H4. The highest BCUT2D eigenvalue weighted by Gasteiger charge is 2.59. The molecule has 2 aliphatic carbocycles. The van der Waals surface area contributed by atoms with Crippen molar-refractivity contribution in [1.82, 2.24) is 19.9 Å². The number of aromatic nitrogens is 4. The molecule has 0 radical (unpaired) electrons. The van der Waals surface area contributed by atoms with Crippen molar-refractivity contribution in [2.45, 2.75) is 70.6 Å². The summed E-state index contributed by atoms with van der Waals surface area (Å²) in [5, 5.41) is 0. The van der Waals surface area contributed by atoms with Crippen LogP contribution in [0.4, 0.5) is 17.3 Å². The molecule has 6 heterocycles. The van der Waals surface area contributed by atoms with E-state index in [4.69, 9.17) is 19.9 Å². The molecule has 0 fully saturated rings. The molecule has 4 aromatic heterocycles. The summed E-state index contributed by atoms with van der Waals surface area (Å²) in [4.78, 5) is 24.1. The number of nitrogens with zero attached hydrogens (tertiary/aromatic N) is 5. The van der Waals surface area contributed by atoms with Gasteiger partial charge in [-0.1, -0.05) is 176 Å². The minimum absolute atomic E-state index is 0. The first-order valence-electron chi connectivity index (χ1n) is 22.8. The van der Waals surface area contributed by atoms with E-state index >= 15 is 0 Å². The first kappa shape index (κ1) is 40.0. The molecular weight excluding hydrogens is 803 g/mol. The molecule has 0 saturated heterocycles. The summed E-state index contributed by atoms with van der Waals surface area (Å²) < 4.78 is 0. The lowest BCUT2D eigenvalue weighted by Gasteiger charge is -2.50. The van der Waals surface area contributed by atoms with E-state index < -0.39 is 10.8 Å². The maximum Gasteiger partial charge on any atom is 0.144 e. The lowest BCUT2D eigenvalue weighted by molar-refractivity contribution is 0.569. The summed E-state index contributed by atoms with van der Waals surface area (Å²) in [6.45, 7) is 13.2. The van der Waals surface area contributed by atoms with E-state index in [1.165, 1.54) is 55.6 Å². The number of pyridine rings is 4. The predicted octanol–water partition coefficient (Wildman–Crippen LogP) is 14.7. The van der Waals surface area contributed by atoms with Crippen molar-refractivity contribution in [2.24, 2.45) is 0 Å². The maximum absolute atomic E-state index is 5.84. The molecular formula is C61H51N5. The lowest BCUT2D eigenvalue weighted by Crippen LogP contribution is -2.43. The molecule has 2 aliphatic heterocycles. The van der Waals surface area contributed by atoms with Gasteiger partial charge in [0.25, 0.3) is 0 Å². The summed E-state index contributed by atoms with van der Waals surface area (Å²) in [7, 11) is 0. The Bertz CT molecular complexity index is 3140. The van der Waals surface area contributed by atoms with Gasteiger partial charge in [-0.15, -0.1) is 0 Å². The zero-order chi connectivity index (χ0) is 44.0. The predicted molar refractivity (Wildman–Crippen MR) is 269 cm³/mol. The summed E-state index contributed by atoms with van der Waals surface area (Å²) in [6.07, 6.45) is 3.98. The van der Waals surface area contributed by atoms with E-state index in [9.17, 15) is 0 Å². The van der Waals surface area contributed by atoms with E-state index in [-0.39, 0.29) is 18.3 Å². The normalized spacial score (nSPS) is 14.9. The topological polar surface area (TPSA) is 54.8 Å². The smallest absolute Gasteiger partial charge is 0.144 e. The van der Waals surface area contributed by atoms with Gasteiger partial charge in [0.2, 0.25) is 0 Å². The highest BCUT2D eigenvalue weighted by Crippen LogP contribution is 2.69. The molecule has 0 N–H and O–H groups in total. The van der Waals surface area contributed by atoms with E-state index in [1.807, 2.05) is 12.4 Å². The molecule has 0 bridgehead atoms. The van der Waals surface area contributed by atoms with Crippen LogP contribution >= 0.6 is 0 Å². The van der Waals surface area contributed by atoms with Crippen LogP contribution in [-0.2, 0) is 21.7 Å². The zero-order valence-corrected chi connectivity index (χ0v) is 37.5. The Morgan fingerprint density at radius 1 is 0.364 bits per heavy atom. The molecule has 13 rings (SSSR count). The number of benzene rings is 5. The highest BCUT2D eigenvalue weighted by molar-refractivity contribution is 6.01. The van der Waals surface area contributed by atoms with Crippen LogP contribution in [-0.4, -0.2) is 19.9 Å². The second kappa shape index (κ2) is 13.8. The Morgan fingerprint density at radius 2 is 0.712 bits per heavy atom. The van der Waals surface area contributed by atoms with Gasteiger partial charge in [0.1, 0.15) is 11.6 Å². The SMILES string of the molecule is C.CC(C)(C)c1ccc(-c2ccc3c(n2)N2c4nc(-c5ccc(C(C)(C)C)nc5)ccc4C4(c5ccccc5-c5ccccc54)c4cccc(c42)C32c3ccccc3-c3ccccc32)cn1. The largest absolute Gasteiger partial charge is 0.278 e. The van der Waals surface area contributed by atoms with Crippen LogP contribution in [0.25, 0.3) is 44.8 Å². The monoisotopic (exact) mass is 853 g/mol. The van der Waals surface area contributed by atoms with Gasteiger partial charge in [-0.25, -0.2) is 9.97 Å². The van der Waals surface area contributed by atoms with E-state index in [0.29, 0.717) is 0 Å². The first-order chi connectivity index (χ1) is 31.5. The zero-order valence-electron chi connectivity index (χ0n) is 37.5. The van der Waals surface area contributed by atoms with Gasteiger partial charge in [0.15, 0.2) is 0 Å². The van der Waals surface area contributed by atoms with E-state index in [1.54, 1.807) is 0 Å². The fourth-order valence-corrected chi connectivity index (χ4v) is 11.7. The Morgan fingerprint density at radius 3 is 1.05 bits per heavy atom. The Balaban J connectivity index is 0.00000456. The third kappa shape index (κ3) is 5.11. The maximum atomic E-state index is 5.84. The Labute approximate surface area is 388 Å². The molecule has 0 unspecified atom stereocenters. The van der Waals surface area contributed by atoms with Gasteiger partial charge in [0.05, 0.1) is 27.9 Å². The Hall–Kier alpha value is -7.50. The molecule has 9 aromatic rings. The Kier molecular flexibility index (Phi) is 8.35. The van der Waals surface area contributed by atoms with Crippen molar-refractivity contribution in [3.63, 3.8) is 0 Å².